The summed E-state index contributed by atoms with van der Waals surface area (Å²) in [7, 11) is 0. The molecule has 3 rings (SSSR count). The minimum absolute atomic E-state index is 0.0402. The Morgan fingerprint density at radius 1 is 1.13 bits per heavy atom. The molecule has 0 bridgehead atoms. The van der Waals surface area contributed by atoms with Gasteiger partial charge in [-0.2, -0.15) is 5.10 Å². The average Bonchev–Trinajstić information content (AvgIpc) is 2.59. The monoisotopic (exact) mass is 308 g/mol. The van der Waals surface area contributed by atoms with Gasteiger partial charge in [0.15, 0.2) is 6.61 Å². The zero-order valence-electron chi connectivity index (χ0n) is 13.2. The Balaban J connectivity index is 1.57. The summed E-state index contributed by atoms with van der Waals surface area (Å²) in [5.74, 6) is 0.433. The van der Waals surface area contributed by atoms with E-state index in [0.29, 0.717) is 5.75 Å². The number of hydrogen-bond donors (Lipinski definition) is 1. The summed E-state index contributed by atoms with van der Waals surface area (Å²) in [5.41, 5.74) is 7.13. The molecular weight excluding hydrogens is 288 g/mol. The number of aryl methyl sites for hydroxylation is 2. The van der Waals surface area contributed by atoms with Crippen molar-refractivity contribution < 1.29 is 9.53 Å². The predicted octanol–water partition coefficient (Wildman–Crippen LogP) is 3.23. The van der Waals surface area contributed by atoms with Gasteiger partial charge in [0.1, 0.15) is 5.75 Å². The number of rotatable bonds is 4. The number of nitrogens with one attached hydrogen (secondary N) is 1. The molecule has 0 fully saturated rings. The lowest BCUT2D eigenvalue weighted by molar-refractivity contribution is -0.123. The third kappa shape index (κ3) is 3.97. The summed E-state index contributed by atoms with van der Waals surface area (Å²) in [6.45, 7) is 1.97. The predicted molar refractivity (Wildman–Crippen MR) is 90.7 cm³/mol. The van der Waals surface area contributed by atoms with Crippen LogP contribution in [0.3, 0.4) is 0 Å². The van der Waals surface area contributed by atoms with Crippen molar-refractivity contribution in [2.45, 2.75) is 26.2 Å². The van der Waals surface area contributed by atoms with Crippen molar-refractivity contribution in [2.24, 2.45) is 5.10 Å². The molecule has 4 heteroatoms. The highest BCUT2D eigenvalue weighted by molar-refractivity contribution is 6.03. The van der Waals surface area contributed by atoms with Crippen LogP contribution < -0.4 is 10.2 Å². The Labute approximate surface area is 136 Å². The van der Waals surface area contributed by atoms with Crippen molar-refractivity contribution in [1.29, 1.82) is 0 Å². The number of benzene rings is 2. The number of carbonyl (C=O) groups is 1. The molecule has 1 aliphatic rings. The molecule has 118 valence electrons. The Kier molecular flexibility index (Phi) is 4.71. The Morgan fingerprint density at radius 2 is 1.91 bits per heavy atom. The standard InChI is InChI=1S/C19H20N2O2/c1-14-9-11-16(12-10-14)23-13-19(22)21-20-18-8-4-6-15-5-2-3-7-17(15)18/h2-3,5,7,9-12H,4,6,8,13H2,1H3,(H,21,22). The first kappa shape index (κ1) is 15.3. The maximum Gasteiger partial charge on any atom is 0.277 e. The highest BCUT2D eigenvalue weighted by Gasteiger charge is 2.15. The van der Waals surface area contributed by atoms with Gasteiger partial charge in [-0.05, 0) is 43.9 Å². The number of nitrogens with zero attached hydrogens (tertiary/aromatic N) is 1. The highest BCUT2D eigenvalue weighted by Crippen LogP contribution is 2.21. The van der Waals surface area contributed by atoms with E-state index in [0.717, 1.165) is 36.1 Å². The zero-order chi connectivity index (χ0) is 16.1. The molecule has 0 saturated heterocycles. The number of ether oxygens (including phenoxy) is 1. The molecule has 0 aliphatic heterocycles. The fourth-order valence-corrected chi connectivity index (χ4v) is 2.66. The molecule has 0 radical (unpaired) electrons. The molecule has 1 amide bonds. The second-order valence-corrected chi connectivity index (χ2v) is 5.71. The van der Waals surface area contributed by atoms with Crippen LogP contribution in [0.4, 0.5) is 0 Å². The number of carbonyl (C=O) groups excluding carboxylic acids is 1. The van der Waals surface area contributed by atoms with E-state index in [9.17, 15) is 4.79 Å². The Bertz CT molecular complexity index is 720. The van der Waals surface area contributed by atoms with Crippen molar-refractivity contribution >= 4 is 11.6 Å². The van der Waals surface area contributed by atoms with E-state index in [4.69, 9.17) is 4.74 Å². The van der Waals surface area contributed by atoms with Crippen molar-refractivity contribution in [3.63, 3.8) is 0 Å². The van der Waals surface area contributed by atoms with Crippen LogP contribution in [-0.4, -0.2) is 18.2 Å². The van der Waals surface area contributed by atoms with Crippen molar-refractivity contribution in [2.75, 3.05) is 6.61 Å². The lowest BCUT2D eigenvalue weighted by Gasteiger charge is -2.17. The second kappa shape index (κ2) is 7.09. The minimum atomic E-state index is -0.249. The van der Waals surface area contributed by atoms with Gasteiger partial charge in [0.25, 0.3) is 5.91 Å². The van der Waals surface area contributed by atoms with E-state index >= 15 is 0 Å². The van der Waals surface area contributed by atoms with Crippen molar-refractivity contribution in [1.82, 2.24) is 5.43 Å². The quantitative estimate of drug-likeness (QED) is 0.882. The lowest BCUT2D eigenvalue weighted by Crippen LogP contribution is -2.26. The van der Waals surface area contributed by atoms with Gasteiger partial charge in [0, 0.05) is 5.56 Å². The average molecular weight is 308 g/mol. The first-order valence-electron chi connectivity index (χ1n) is 7.85. The van der Waals surface area contributed by atoms with E-state index in [-0.39, 0.29) is 12.5 Å². The van der Waals surface area contributed by atoms with E-state index in [1.54, 1.807) is 0 Å². The van der Waals surface area contributed by atoms with Crippen LogP contribution in [0, 0.1) is 6.92 Å². The van der Waals surface area contributed by atoms with E-state index < -0.39 is 0 Å². The van der Waals surface area contributed by atoms with Gasteiger partial charge in [-0.3, -0.25) is 4.79 Å². The molecule has 0 saturated carbocycles. The first-order valence-corrected chi connectivity index (χ1v) is 7.85. The first-order chi connectivity index (χ1) is 11.2. The van der Waals surface area contributed by atoms with Gasteiger partial charge < -0.3 is 4.74 Å². The maximum atomic E-state index is 11.9. The number of amides is 1. The second-order valence-electron chi connectivity index (χ2n) is 5.71. The SMILES string of the molecule is Cc1ccc(OCC(=O)NN=C2CCCc3ccccc32)cc1. The molecule has 1 N–H and O–H groups in total. The van der Waals surface area contributed by atoms with Gasteiger partial charge >= 0.3 is 0 Å². The molecule has 0 aromatic heterocycles. The van der Waals surface area contributed by atoms with Crippen LogP contribution in [0.15, 0.2) is 53.6 Å². The number of hydrogen-bond acceptors (Lipinski definition) is 3. The molecule has 0 spiro atoms. The lowest BCUT2D eigenvalue weighted by atomic mass is 9.90. The highest BCUT2D eigenvalue weighted by atomic mass is 16.5. The molecule has 0 unspecified atom stereocenters. The Morgan fingerprint density at radius 3 is 2.74 bits per heavy atom. The minimum Gasteiger partial charge on any atom is -0.484 e. The maximum absolute atomic E-state index is 11.9. The van der Waals surface area contributed by atoms with Gasteiger partial charge in [-0.25, -0.2) is 5.43 Å². The molecule has 2 aromatic carbocycles. The third-order valence-corrected chi connectivity index (χ3v) is 3.89. The van der Waals surface area contributed by atoms with Crippen LogP contribution in [-0.2, 0) is 11.2 Å². The van der Waals surface area contributed by atoms with Crippen LogP contribution in [0.25, 0.3) is 0 Å². The van der Waals surface area contributed by atoms with E-state index in [1.165, 1.54) is 5.56 Å². The fourth-order valence-electron chi connectivity index (χ4n) is 2.66. The number of fused-ring (bicyclic) bond motifs is 1. The summed E-state index contributed by atoms with van der Waals surface area (Å²) in [4.78, 5) is 11.9. The molecule has 23 heavy (non-hydrogen) atoms. The molecule has 1 aliphatic carbocycles. The summed E-state index contributed by atoms with van der Waals surface area (Å²) >= 11 is 0. The molecule has 0 atom stereocenters. The van der Waals surface area contributed by atoms with Crippen LogP contribution in [0.2, 0.25) is 0 Å². The summed E-state index contributed by atoms with van der Waals surface area (Å²) < 4.78 is 5.45. The van der Waals surface area contributed by atoms with Gasteiger partial charge in [-0.15, -0.1) is 0 Å². The molecule has 2 aromatic rings. The summed E-state index contributed by atoms with van der Waals surface area (Å²) in [5, 5.41) is 4.29. The molecule has 4 nitrogen and oxygen atoms in total. The summed E-state index contributed by atoms with van der Waals surface area (Å²) in [6.07, 6.45) is 3.02. The van der Waals surface area contributed by atoms with E-state index in [2.05, 4.69) is 22.7 Å². The molecule has 0 heterocycles. The van der Waals surface area contributed by atoms with Crippen molar-refractivity contribution in [3.8, 4) is 5.75 Å². The van der Waals surface area contributed by atoms with E-state index in [1.807, 2.05) is 43.3 Å². The largest absolute Gasteiger partial charge is 0.484 e. The Hall–Kier alpha value is -2.62. The van der Waals surface area contributed by atoms with Gasteiger partial charge in [0.2, 0.25) is 0 Å². The van der Waals surface area contributed by atoms with Crippen LogP contribution in [0.5, 0.6) is 5.75 Å². The van der Waals surface area contributed by atoms with Crippen LogP contribution in [0.1, 0.15) is 29.5 Å². The van der Waals surface area contributed by atoms with Gasteiger partial charge in [0.05, 0.1) is 5.71 Å². The van der Waals surface area contributed by atoms with Gasteiger partial charge in [-0.1, -0.05) is 42.0 Å². The third-order valence-electron chi connectivity index (χ3n) is 3.89. The smallest absolute Gasteiger partial charge is 0.277 e. The molecular formula is C19H20N2O2. The fraction of sp³-hybridized carbons (Fsp3) is 0.263. The van der Waals surface area contributed by atoms with Crippen LogP contribution >= 0.6 is 0 Å². The normalized spacial score (nSPS) is 15.1. The number of hydrazone groups is 1. The zero-order valence-corrected chi connectivity index (χ0v) is 13.2. The topological polar surface area (TPSA) is 50.7 Å². The summed E-state index contributed by atoms with van der Waals surface area (Å²) in [6, 6.07) is 15.8. The van der Waals surface area contributed by atoms with Crippen molar-refractivity contribution in [3.05, 3.63) is 65.2 Å².